The maximum atomic E-state index is 14.5. The molecule has 4 aliphatic heterocycles. The molecule has 9 heteroatoms. The lowest BCUT2D eigenvalue weighted by molar-refractivity contribution is -0.154. The highest BCUT2D eigenvalue weighted by Gasteiger charge is 2.75. The first-order chi connectivity index (χ1) is 19.9. The van der Waals surface area contributed by atoms with Crippen molar-refractivity contribution in [1.29, 1.82) is 0 Å². The van der Waals surface area contributed by atoms with E-state index >= 15 is 0 Å². The normalized spacial score (nSPS) is 33.5. The predicted molar refractivity (Wildman–Crippen MR) is 153 cm³/mol. The molecule has 1 unspecified atom stereocenters. The van der Waals surface area contributed by atoms with Crippen LogP contribution in [0.15, 0.2) is 48.6 Å². The maximum Gasteiger partial charge on any atom is 0.249 e. The zero-order valence-electron chi connectivity index (χ0n) is 24.0. The highest BCUT2D eigenvalue weighted by molar-refractivity contribution is 6.04. The van der Waals surface area contributed by atoms with E-state index in [0.29, 0.717) is 31.8 Å². The number of rotatable bonds is 7. The van der Waals surface area contributed by atoms with Crippen LogP contribution < -0.4 is 9.64 Å². The third-order valence-electron chi connectivity index (χ3n) is 9.79. The molecule has 0 bridgehead atoms. The van der Waals surface area contributed by atoms with Crippen LogP contribution in [0.3, 0.4) is 0 Å². The fourth-order valence-corrected chi connectivity index (χ4v) is 7.97. The summed E-state index contributed by atoms with van der Waals surface area (Å²) in [5.41, 5.74) is -1.62. The minimum atomic E-state index is -1.30. The van der Waals surface area contributed by atoms with E-state index in [0.717, 1.165) is 31.4 Å². The lowest BCUT2D eigenvalue weighted by Crippen LogP contribution is -2.58. The second-order valence-corrected chi connectivity index (χ2v) is 11.8. The number of anilines is 1. The van der Waals surface area contributed by atoms with E-state index in [-0.39, 0.29) is 36.9 Å². The minimum absolute atomic E-state index is 0.0156. The van der Waals surface area contributed by atoms with Gasteiger partial charge in [0, 0.05) is 31.4 Å². The van der Waals surface area contributed by atoms with Gasteiger partial charge < -0.3 is 29.3 Å². The molecule has 3 fully saturated rings. The summed E-state index contributed by atoms with van der Waals surface area (Å²) in [6, 6.07) is 6.58. The van der Waals surface area contributed by atoms with Gasteiger partial charge in [0.05, 0.1) is 30.7 Å². The Labute approximate surface area is 241 Å². The van der Waals surface area contributed by atoms with Gasteiger partial charge in [0.15, 0.2) is 0 Å². The molecule has 2 saturated heterocycles. The number of benzene rings is 1. The van der Waals surface area contributed by atoms with Crippen LogP contribution in [0.4, 0.5) is 5.69 Å². The van der Waals surface area contributed by atoms with Gasteiger partial charge in [0.1, 0.15) is 17.4 Å². The van der Waals surface area contributed by atoms with E-state index in [1.165, 1.54) is 11.3 Å². The summed E-state index contributed by atoms with van der Waals surface area (Å²) in [5, 5.41) is 9.97. The average molecular weight is 564 g/mol. The van der Waals surface area contributed by atoms with Crippen LogP contribution >= 0.6 is 0 Å². The Morgan fingerprint density at radius 1 is 0.927 bits per heavy atom. The monoisotopic (exact) mass is 563 g/mol. The molecule has 1 aromatic rings. The zero-order valence-corrected chi connectivity index (χ0v) is 24.0. The van der Waals surface area contributed by atoms with Crippen LogP contribution in [0.2, 0.25) is 0 Å². The number of ether oxygens (including phenoxy) is 2. The van der Waals surface area contributed by atoms with Crippen molar-refractivity contribution in [2.75, 3.05) is 37.7 Å². The van der Waals surface area contributed by atoms with Crippen molar-refractivity contribution in [2.24, 2.45) is 11.8 Å². The number of likely N-dealkylation sites (tertiary alicyclic amines) is 1. The van der Waals surface area contributed by atoms with E-state index < -0.39 is 29.1 Å². The molecule has 1 N–H and O–H groups in total. The van der Waals surface area contributed by atoms with Gasteiger partial charge in [-0.3, -0.25) is 14.4 Å². The first-order valence-corrected chi connectivity index (χ1v) is 15.2. The Hall–Kier alpha value is -3.17. The number of carbonyl (C=O) groups is 3. The van der Waals surface area contributed by atoms with Gasteiger partial charge in [0.25, 0.3) is 0 Å². The van der Waals surface area contributed by atoms with E-state index in [2.05, 4.69) is 0 Å². The largest absolute Gasteiger partial charge is 0.494 e. The van der Waals surface area contributed by atoms with Crippen molar-refractivity contribution in [2.45, 2.75) is 75.7 Å². The highest BCUT2D eigenvalue weighted by Crippen LogP contribution is 2.58. The van der Waals surface area contributed by atoms with Crippen LogP contribution in [-0.2, 0) is 19.1 Å². The van der Waals surface area contributed by atoms with Crippen molar-refractivity contribution >= 4 is 23.4 Å². The third kappa shape index (κ3) is 4.31. The van der Waals surface area contributed by atoms with E-state index in [1.54, 1.807) is 4.90 Å². The van der Waals surface area contributed by atoms with Gasteiger partial charge in [-0.2, -0.15) is 0 Å². The number of hydrogen-bond donors (Lipinski definition) is 1. The SMILES string of the molecule is CCOc1ccc(N2CC=C[C@]3(CC)O[C@]45C=CCN(C6CCCCC6)C(=O)C4N(CCO)C(=O)[C@@H]5[C@@H]3C2=O)cc1. The number of fused-ring (bicyclic) bond motifs is 2. The lowest BCUT2D eigenvalue weighted by Gasteiger charge is -2.40. The molecule has 0 radical (unpaired) electrons. The smallest absolute Gasteiger partial charge is 0.249 e. The Kier molecular flexibility index (Phi) is 7.44. The third-order valence-corrected chi connectivity index (χ3v) is 9.79. The predicted octanol–water partition coefficient (Wildman–Crippen LogP) is 3.07. The van der Waals surface area contributed by atoms with Gasteiger partial charge in [-0.25, -0.2) is 0 Å². The van der Waals surface area contributed by atoms with E-state index in [4.69, 9.17) is 9.47 Å². The van der Waals surface area contributed by atoms with Crippen molar-refractivity contribution in [1.82, 2.24) is 9.80 Å². The first kappa shape index (κ1) is 28.0. The summed E-state index contributed by atoms with van der Waals surface area (Å²) in [7, 11) is 0. The zero-order chi connectivity index (χ0) is 28.8. The number of β-amino-alcohol motifs (C(OH)–C–C–N with tert-alkyl or cyclic N) is 1. The second-order valence-electron chi connectivity index (χ2n) is 11.8. The fraction of sp³-hybridized carbons (Fsp3) is 0.594. The molecular formula is C32H41N3O6. The van der Waals surface area contributed by atoms with Crippen molar-refractivity contribution in [3.63, 3.8) is 0 Å². The number of aliphatic hydroxyl groups excluding tert-OH is 1. The molecule has 1 aliphatic carbocycles. The minimum Gasteiger partial charge on any atom is -0.494 e. The molecule has 1 spiro atoms. The number of aliphatic hydroxyl groups is 1. The van der Waals surface area contributed by atoms with Crippen LogP contribution in [0.1, 0.15) is 52.4 Å². The Morgan fingerprint density at radius 3 is 2.34 bits per heavy atom. The quantitative estimate of drug-likeness (QED) is 0.512. The molecule has 1 aromatic carbocycles. The standard InChI is InChI=1S/C32H41N3O6/c1-3-31-16-8-18-33(23-12-14-24(15-13-23)40-4-2)28(37)25(31)26-29(38)35(20-21-36)27-30(39)34(22-10-6-5-7-11-22)19-9-17-32(26,27)41-31/h8-9,12-17,22,25-27,36H,3-7,10-11,18-21H2,1-2H3/t25-,26+,27?,31+,32+/m1/s1. The summed E-state index contributed by atoms with van der Waals surface area (Å²) in [5.74, 6) is -1.63. The Balaban J connectivity index is 1.42. The summed E-state index contributed by atoms with van der Waals surface area (Å²) >= 11 is 0. The van der Waals surface area contributed by atoms with Gasteiger partial charge in [-0.05, 0) is 50.5 Å². The molecule has 0 aromatic heterocycles. The van der Waals surface area contributed by atoms with Gasteiger partial charge in [0.2, 0.25) is 17.7 Å². The molecule has 3 amide bonds. The van der Waals surface area contributed by atoms with Gasteiger partial charge in [-0.15, -0.1) is 0 Å². The number of nitrogens with zero attached hydrogens (tertiary/aromatic N) is 3. The summed E-state index contributed by atoms with van der Waals surface area (Å²) in [6.45, 7) is 4.97. The molecule has 41 heavy (non-hydrogen) atoms. The van der Waals surface area contributed by atoms with E-state index in [9.17, 15) is 19.5 Å². The lowest BCUT2D eigenvalue weighted by atomic mass is 9.73. The molecule has 6 rings (SSSR count). The highest BCUT2D eigenvalue weighted by atomic mass is 16.5. The molecule has 1 saturated carbocycles. The van der Waals surface area contributed by atoms with Crippen LogP contribution in [0.25, 0.3) is 0 Å². The Morgan fingerprint density at radius 2 is 1.66 bits per heavy atom. The van der Waals surface area contributed by atoms with E-state index in [1.807, 2.05) is 67.3 Å². The molecule has 4 heterocycles. The molecule has 9 nitrogen and oxygen atoms in total. The maximum absolute atomic E-state index is 14.5. The van der Waals surface area contributed by atoms with Crippen LogP contribution in [0.5, 0.6) is 5.75 Å². The van der Waals surface area contributed by atoms with Crippen molar-refractivity contribution < 1.29 is 29.0 Å². The first-order valence-electron chi connectivity index (χ1n) is 15.2. The second kappa shape index (κ2) is 10.9. The van der Waals surface area contributed by atoms with Crippen molar-refractivity contribution in [3.05, 3.63) is 48.6 Å². The fourth-order valence-electron chi connectivity index (χ4n) is 7.97. The average Bonchev–Trinajstić information content (AvgIpc) is 3.26. The number of carbonyl (C=O) groups excluding carboxylic acids is 3. The number of amides is 3. The summed E-state index contributed by atoms with van der Waals surface area (Å²) < 4.78 is 12.6. The molecular weight excluding hydrogens is 522 g/mol. The van der Waals surface area contributed by atoms with Crippen LogP contribution in [-0.4, -0.2) is 88.8 Å². The van der Waals surface area contributed by atoms with Crippen molar-refractivity contribution in [3.8, 4) is 5.75 Å². The summed E-state index contributed by atoms with van der Waals surface area (Å²) in [4.78, 5) is 48.4. The van der Waals surface area contributed by atoms with Crippen LogP contribution in [0, 0.1) is 11.8 Å². The topological polar surface area (TPSA) is 99.6 Å². The number of hydrogen-bond acceptors (Lipinski definition) is 6. The molecule has 220 valence electrons. The molecule has 5 aliphatic rings. The van der Waals surface area contributed by atoms with Gasteiger partial charge >= 0.3 is 0 Å². The molecule has 5 atom stereocenters. The van der Waals surface area contributed by atoms with Gasteiger partial charge in [-0.1, -0.05) is 50.5 Å². The Bertz CT molecular complexity index is 1240. The summed E-state index contributed by atoms with van der Waals surface area (Å²) in [6.07, 6.45) is 13.4.